The summed E-state index contributed by atoms with van der Waals surface area (Å²) >= 11 is 0. The van der Waals surface area contributed by atoms with Crippen molar-refractivity contribution in [2.45, 2.75) is 12.6 Å². The average molecular weight is 352 g/mol. The molecule has 2 aromatic carbocycles. The van der Waals surface area contributed by atoms with Gasteiger partial charge in [0, 0.05) is 23.2 Å². The normalized spacial score (nSPS) is 11.2. The van der Waals surface area contributed by atoms with Gasteiger partial charge in [-0.1, -0.05) is 24.0 Å². The molecular weight excluding hydrogens is 332 g/mol. The van der Waals surface area contributed by atoms with Gasteiger partial charge < -0.3 is 21.3 Å². The van der Waals surface area contributed by atoms with Crippen molar-refractivity contribution in [1.82, 2.24) is 5.32 Å². The van der Waals surface area contributed by atoms with Gasteiger partial charge >= 0.3 is 0 Å². The first kappa shape index (κ1) is 19.3. The minimum atomic E-state index is -0.908. The van der Waals surface area contributed by atoms with E-state index in [9.17, 15) is 9.59 Å². The molecule has 0 spiro atoms. The SMILES string of the molecule is NC[C@H](NC(=O)c1ccc(C#Cc2ccc(CO)cc2)cc1)C(=O)CO. The number of aliphatic hydroxyl groups excluding tert-OH is 2. The van der Waals surface area contributed by atoms with Gasteiger partial charge in [-0.3, -0.25) is 9.59 Å². The fourth-order valence-corrected chi connectivity index (χ4v) is 2.17. The van der Waals surface area contributed by atoms with Gasteiger partial charge in [-0.15, -0.1) is 0 Å². The molecule has 0 saturated heterocycles. The molecule has 0 aliphatic rings. The number of carbonyl (C=O) groups excluding carboxylic acids is 2. The van der Waals surface area contributed by atoms with E-state index in [0.29, 0.717) is 5.56 Å². The molecule has 0 fully saturated rings. The molecular formula is C20H20N2O4. The first-order valence-corrected chi connectivity index (χ1v) is 8.03. The molecule has 134 valence electrons. The molecule has 2 rings (SSSR count). The highest BCUT2D eigenvalue weighted by Gasteiger charge is 2.18. The summed E-state index contributed by atoms with van der Waals surface area (Å²) in [4.78, 5) is 23.6. The Hall–Kier alpha value is -2.98. The van der Waals surface area contributed by atoms with E-state index in [0.717, 1.165) is 16.7 Å². The smallest absolute Gasteiger partial charge is 0.251 e. The standard InChI is InChI=1S/C20H20N2O4/c21-11-18(19(25)13-24)22-20(26)17-9-7-15(8-10-17)2-1-14-3-5-16(12-23)6-4-14/h3-10,18,23-24H,11-13,21H2,(H,22,26)/t18-/m0/s1. The Labute approximate surface area is 151 Å². The van der Waals surface area contributed by atoms with Crippen molar-refractivity contribution in [3.8, 4) is 11.8 Å². The number of Topliss-reactive ketones (excluding diaryl/α,β-unsaturated/α-hetero) is 1. The van der Waals surface area contributed by atoms with Crippen LogP contribution in [0.1, 0.15) is 27.0 Å². The first-order chi connectivity index (χ1) is 12.6. The van der Waals surface area contributed by atoms with Gasteiger partial charge in [0.25, 0.3) is 5.91 Å². The van der Waals surface area contributed by atoms with Crippen LogP contribution in [-0.4, -0.2) is 41.1 Å². The fourth-order valence-electron chi connectivity index (χ4n) is 2.17. The second kappa shape index (κ2) is 9.49. The molecule has 26 heavy (non-hydrogen) atoms. The van der Waals surface area contributed by atoms with E-state index in [1.807, 2.05) is 12.1 Å². The number of carbonyl (C=O) groups is 2. The van der Waals surface area contributed by atoms with Crippen LogP contribution < -0.4 is 11.1 Å². The predicted octanol–water partition coefficient (Wildman–Crippen LogP) is 0.197. The Bertz CT molecular complexity index is 818. The molecule has 0 radical (unpaired) electrons. The van der Waals surface area contributed by atoms with Crippen LogP contribution >= 0.6 is 0 Å². The molecule has 0 aliphatic heterocycles. The molecule has 0 aromatic heterocycles. The Morgan fingerprint density at radius 2 is 1.50 bits per heavy atom. The lowest BCUT2D eigenvalue weighted by Gasteiger charge is -2.14. The Kier molecular flexibility index (Phi) is 7.06. The summed E-state index contributed by atoms with van der Waals surface area (Å²) in [6.07, 6.45) is 0. The number of hydrogen-bond acceptors (Lipinski definition) is 5. The zero-order chi connectivity index (χ0) is 18.9. The average Bonchev–Trinajstić information content (AvgIpc) is 2.70. The van der Waals surface area contributed by atoms with Gasteiger partial charge in [-0.2, -0.15) is 0 Å². The molecule has 1 atom stereocenters. The number of nitrogens with one attached hydrogen (secondary N) is 1. The molecule has 2 aromatic rings. The van der Waals surface area contributed by atoms with Crippen LogP contribution in [0.25, 0.3) is 0 Å². The topological polar surface area (TPSA) is 113 Å². The molecule has 0 saturated carbocycles. The highest BCUT2D eigenvalue weighted by Crippen LogP contribution is 2.06. The second-order valence-corrected chi connectivity index (χ2v) is 5.57. The van der Waals surface area contributed by atoms with Gasteiger partial charge in [-0.25, -0.2) is 0 Å². The third-order valence-corrected chi connectivity index (χ3v) is 3.72. The van der Waals surface area contributed by atoms with E-state index < -0.39 is 24.3 Å². The van der Waals surface area contributed by atoms with Crippen molar-refractivity contribution in [3.05, 3.63) is 70.8 Å². The molecule has 1 amide bonds. The lowest BCUT2D eigenvalue weighted by atomic mass is 10.1. The van der Waals surface area contributed by atoms with E-state index in [1.165, 1.54) is 0 Å². The number of hydrogen-bond donors (Lipinski definition) is 4. The van der Waals surface area contributed by atoms with Gasteiger partial charge in [0.15, 0.2) is 5.78 Å². The number of rotatable bonds is 6. The number of amides is 1. The molecule has 0 aliphatic carbocycles. The Morgan fingerprint density at radius 3 is 1.96 bits per heavy atom. The zero-order valence-corrected chi connectivity index (χ0v) is 14.1. The van der Waals surface area contributed by atoms with Crippen molar-refractivity contribution in [2.75, 3.05) is 13.2 Å². The third kappa shape index (κ3) is 5.26. The maximum Gasteiger partial charge on any atom is 0.251 e. The minimum absolute atomic E-state index is 0.00779. The summed E-state index contributed by atoms with van der Waals surface area (Å²) in [5.41, 5.74) is 8.17. The summed E-state index contributed by atoms with van der Waals surface area (Å²) in [6, 6.07) is 13.0. The number of aliphatic hydroxyl groups is 2. The number of nitrogens with two attached hydrogens (primary N) is 1. The van der Waals surface area contributed by atoms with Crippen molar-refractivity contribution in [1.29, 1.82) is 0 Å². The predicted molar refractivity (Wildman–Crippen MR) is 97.2 cm³/mol. The number of benzene rings is 2. The van der Waals surface area contributed by atoms with Gasteiger partial charge in [0.05, 0.1) is 6.61 Å². The van der Waals surface area contributed by atoms with E-state index in [4.69, 9.17) is 15.9 Å². The van der Waals surface area contributed by atoms with Crippen LogP contribution in [0.5, 0.6) is 0 Å². The van der Waals surface area contributed by atoms with Crippen molar-refractivity contribution >= 4 is 11.7 Å². The van der Waals surface area contributed by atoms with Crippen LogP contribution in [0.15, 0.2) is 48.5 Å². The monoisotopic (exact) mass is 352 g/mol. The quantitative estimate of drug-likeness (QED) is 0.555. The zero-order valence-electron chi connectivity index (χ0n) is 14.1. The summed E-state index contributed by atoms with van der Waals surface area (Å²) in [5, 5.41) is 20.4. The van der Waals surface area contributed by atoms with Crippen molar-refractivity contribution in [3.63, 3.8) is 0 Å². The molecule has 6 heteroatoms. The van der Waals surface area contributed by atoms with Gasteiger partial charge in [0.2, 0.25) is 0 Å². The van der Waals surface area contributed by atoms with E-state index in [2.05, 4.69) is 17.2 Å². The lowest BCUT2D eigenvalue weighted by molar-refractivity contribution is -0.123. The lowest BCUT2D eigenvalue weighted by Crippen LogP contribution is -2.46. The fraction of sp³-hybridized carbons (Fsp3) is 0.200. The van der Waals surface area contributed by atoms with E-state index >= 15 is 0 Å². The first-order valence-electron chi connectivity index (χ1n) is 8.03. The largest absolute Gasteiger partial charge is 0.392 e. The number of ketones is 1. The van der Waals surface area contributed by atoms with Gasteiger partial charge in [-0.05, 0) is 42.0 Å². The summed E-state index contributed by atoms with van der Waals surface area (Å²) in [7, 11) is 0. The summed E-state index contributed by atoms with van der Waals surface area (Å²) in [5.74, 6) is 5.02. The van der Waals surface area contributed by atoms with Crippen LogP contribution in [0.3, 0.4) is 0 Å². The summed E-state index contributed by atoms with van der Waals surface area (Å²) < 4.78 is 0. The van der Waals surface area contributed by atoms with Crippen LogP contribution in [0, 0.1) is 11.8 Å². The van der Waals surface area contributed by atoms with Crippen LogP contribution in [0.2, 0.25) is 0 Å². The summed E-state index contributed by atoms with van der Waals surface area (Å²) in [6.45, 7) is -0.758. The highest BCUT2D eigenvalue weighted by molar-refractivity contribution is 5.98. The molecule has 0 unspecified atom stereocenters. The van der Waals surface area contributed by atoms with Crippen molar-refractivity contribution < 1.29 is 19.8 Å². The second-order valence-electron chi connectivity index (χ2n) is 5.57. The Balaban J connectivity index is 2.04. The Morgan fingerprint density at radius 1 is 0.962 bits per heavy atom. The van der Waals surface area contributed by atoms with Crippen molar-refractivity contribution in [2.24, 2.45) is 5.73 Å². The molecule has 6 nitrogen and oxygen atoms in total. The molecule has 0 bridgehead atoms. The maximum absolute atomic E-state index is 12.1. The molecule has 0 heterocycles. The van der Waals surface area contributed by atoms with Gasteiger partial charge in [0.1, 0.15) is 12.6 Å². The van der Waals surface area contributed by atoms with E-state index in [-0.39, 0.29) is 13.2 Å². The third-order valence-electron chi connectivity index (χ3n) is 3.72. The van der Waals surface area contributed by atoms with E-state index in [1.54, 1.807) is 36.4 Å². The minimum Gasteiger partial charge on any atom is -0.392 e. The maximum atomic E-state index is 12.1. The van der Waals surface area contributed by atoms with Crippen LogP contribution in [0.4, 0.5) is 0 Å². The van der Waals surface area contributed by atoms with Crippen LogP contribution in [-0.2, 0) is 11.4 Å². The molecule has 5 N–H and O–H groups in total. The highest BCUT2D eigenvalue weighted by atomic mass is 16.3.